The molecule has 12 nitrogen and oxygen atoms in total. The first kappa shape index (κ1) is 28.9. The van der Waals surface area contributed by atoms with Crippen molar-refractivity contribution < 1.29 is 19.1 Å². The molecule has 0 spiro atoms. The third kappa shape index (κ3) is 6.64. The van der Waals surface area contributed by atoms with Crippen molar-refractivity contribution in [1.29, 1.82) is 0 Å². The topological polar surface area (TPSA) is 135 Å². The monoisotopic (exact) mass is 574 g/mol. The van der Waals surface area contributed by atoms with Gasteiger partial charge in [-0.05, 0) is 71.2 Å². The molecule has 2 aliphatic rings. The van der Waals surface area contributed by atoms with Gasteiger partial charge in [-0.1, -0.05) is 6.07 Å². The van der Waals surface area contributed by atoms with Gasteiger partial charge < -0.3 is 30.3 Å². The molecule has 2 aliphatic heterocycles. The molecule has 12 heteroatoms. The average Bonchev–Trinajstić information content (AvgIpc) is 3.46. The Morgan fingerprint density at radius 1 is 1.17 bits per heavy atom. The molecule has 0 saturated carbocycles. The minimum atomic E-state index is -0.557. The van der Waals surface area contributed by atoms with E-state index >= 15 is 0 Å². The second-order valence-corrected chi connectivity index (χ2v) is 11.4. The summed E-state index contributed by atoms with van der Waals surface area (Å²) < 4.78 is 13.1. The third-order valence-electron chi connectivity index (χ3n) is 6.75. The number of aryl methyl sites for hydroxylation is 2. The smallest absolute Gasteiger partial charge is 0.407 e. The largest absolute Gasteiger partial charge is 0.477 e. The van der Waals surface area contributed by atoms with Gasteiger partial charge in [-0.2, -0.15) is 10.1 Å². The molecule has 4 heterocycles. The van der Waals surface area contributed by atoms with Crippen LogP contribution in [0, 0.1) is 6.92 Å². The Labute approximate surface area is 245 Å². The van der Waals surface area contributed by atoms with Gasteiger partial charge in [0.25, 0.3) is 5.91 Å². The van der Waals surface area contributed by atoms with Crippen LogP contribution in [-0.2, 0) is 11.8 Å². The lowest BCUT2D eigenvalue weighted by Gasteiger charge is -2.22. The minimum absolute atomic E-state index is 0.376. The Kier molecular flexibility index (Phi) is 8.32. The van der Waals surface area contributed by atoms with E-state index in [1.807, 2.05) is 57.8 Å². The Hall–Kier alpha value is -4.61. The van der Waals surface area contributed by atoms with Crippen molar-refractivity contribution >= 4 is 35.0 Å². The number of pyridine rings is 1. The number of amides is 2. The molecule has 42 heavy (non-hydrogen) atoms. The predicted molar refractivity (Wildman–Crippen MR) is 162 cm³/mol. The highest BCUT2D eigenvalue weighted by Crippen LogP contribution is 2.39. The number of carbonyl (C=O) groups excluding carboxylic acids is 2. The fourth-order valence-corrected chi connectivity index (χ4v) is 4.94. The number of nitrogens with zero attached hydrogens (tertiary/aromatic N) is 5. The summed E-state index contributed by atoms with van der Waals surface area (Å²) >= 11 is 0. The van der Waals surface area contributed by atoms with E-state index in [0.29, 0.717) is 55.0 Å². The van der Waals surface area contributed by atoms with Gasteiger partial charge >= 0.3 is 6.09 Å². The van der Waals surface area contributed by atoms with Crippen LogP contribution in [0.5, 0.6) is 5.88 Å². The summed E-state index contributed by atoms with van der Waals surface area (Å²) in [7, 11) is 1.83. The van der Waals surface area contributed by atoms with Gasteiger partial charge in [-0.3, -0.25) is 9.78 Å². The maximum atomic E-state index is 13.5. The molecule has 3 aromatic rings. The molecule has 2 bridgehead atoms. The molecule has 0 atom stereocenters. The molecule has 222 valence electrons. The molecule has 5 rings (SSSR count). The highest BCUT2D eigenvalue weighted by molar-refractivity contribution is 6.21. The van der Waals surface area contributed by atoms with Crippen molar-refractivity contribution in [3.05, 3.63) is 47.8 Å². The average molecular weight is 575 g/mol. The summed E-state index contributed by atoms with van der Waals surface area (Å²) in [6.45, 7) is 9.40. The number of anilines is 3. The number of benzene rings is 1. The first-order valence-electron chi connectivity index (χ1n) is 14.2. The molecule has 1 aromatic carbocycles. The van der Waals surface area contributed by atoms with E-state index in [1.54, 1.807) is 23.0 Å². The molecule has 0 fully saturated rings. The number of para-hydroxylation sites is 1. The lowest BCUT2D eigenvalue weighted by Crippen LogP contribution is -2.35. The van der Waals surface area contributed by atoms with E-state index in [0.717, 1.165) is 41.9 Å². The summed E-state index contributed by atoms with van der Waals surface area (Å²) in [4.78, 5) is 36.8. The number of carbonyl (C=O) groups is 2. The first-order chi connectivity index (χ1) is 20.1. The zero-order chi connectivity index (χ0) is 29.9. The lowest BCUT2D eigenvalue weighted by atomic mass is 10.1. The highest BCUT2D eigenvalue weighted by atomic mass is 16.6. The predicted octanol–water partition coefficient (Wildman–Crippen LogP) is 4.72. The van der Waals surface area contributed by atoms with Crippen LogP contribution in [0.2, 0.25) is 0 Å². The molecule has 0 aliphatic carbocycles. The van der Waals surface area contributed by atoms with E-state index in [4.69, 9.17) is 9.47 Å². The van der Waals surface area contributed by atoms with Crippen LogP contribution in [0.4, 0.5) is 21.9 Å². The van der Waals surface area contributed by atoms with E-state index in [2.05, 4.69) is 31.0 Å². The SMILES string of the molecule is Cc1cc2cc(n1)-c1cnn(C)c1OCCCCCN1/C(=N/C2=O)Nc2cccc(NCCNC(=O)OC(C)(C)C)c21. The van der Waals surface area contributed by atoms with Crippen LogP contribution in [0.1, 0.15) is 56.1 Å². The van der Waals surface area contributed by atoms with Crippen LogP contribution in [0.3, 0.4) is 0 Å². The van der Waals surface area contributed by atoms with Crippen LogP contribution >= 0.6 is 0 Å². The number of hydrogen-bond donors (Lipinski definition) is 3. The number of aromatic nitrogens is 3. The zero-order valence-corrected chi connectivity index (χ0v) is 24.8. The summed E-state index contributed by atoms with van der Waals surface area (Å²) in [5.74, 6) is 0.723. The Balaban J connectivity index is 1.40. The number of ether oxygens (including phenoxy) is 2. The van der Waals surface area contributed by atoms with Gasteiger partial charge in [0.2, 0.25) is 11.8 Å². The number of hydrogen-bond acceptors (Lipinski definition) is 9. The second kappa shape index (κ2) is 12.1. The van der Waals surface area contributed by atoms with Gasteiger partial charge in [0.1, 0.15) is 5.60 Å². The Morgan fingerprint density at radius 2 is 2.00 bits per heavy atom. The molecular weight excluding hydrogens is 536 g/mol. The van der Waals surface area contributed by atoms with Crippen LogP contribution < -0.4 is 25.6 Å². The fourth-order valence-electron chi connectivity index (χ4n) is 4.94. The molecule has 0 saturated heterocycles. The van der Waals surface area contributed by atoms with Crippen LogP contribution in [0.25, 0.3) is 11.3 Å². The van der Waals surface area contributed by atoms with Crippen molar-refractivity contribution in [3.63, 3.8) is 0 Å². The van der Waals surface area contributed by atoms with Crippen molar-refractivity contribution in [2.75, 3.05) is 41.8 Å². The van der Waals surface area contributed by atoms with Gasteiger partial charge in [-0.15, -0.1) is 0 Å². The summed E-state index contributed by atoms with van der Waals surface area (Å²) in [6, 6.07) is 9.35. The number of fused-ring (bicyclic) bond motifs is 7. The van der Waals surface area contributed by atoms with Crippen molar-refractivity contribution in [3.8, 4) is 17.1 Å². The standard InChI is InChI=1S/C30H38N8O4/c1-19-16-20-17-24(34-19)21-18-33-37(5)27(21)41-15-8-6-7-14-38-25-22(31-12-13-32-29(40)42-30(2,3)4)10-9-11-23(25)35-28(38)36-26(20)39/h9-11,16-18,31H,6-8,12-15H2,1-5H3,(H,32,40)(H,35,36,39). The number of rotatable bonds is 4. The van der Waals surface area contributed by atoms with Gasteiger partial charge in [0.15, 0.2) is 0 Å². The second-order valence-electron chi connectivity index (χ2n) is 11.4. The highest BCUT2D eigenvalue weighted by Gasteiger charge is 2.29. The fraction of sp³-hybridized carbons (Fsp3) is 0.433. The maximum absolute atomic E-state index is 13.5. The lowest BCUT2D eigenvalue weighted by molar-refractivity contribution is 0.0530. The van der Waals surface area contributed by atoms with Crippen molar-refractivity contribution in [2.24, 2.45) is 12.0 Å². The summed E-state index contributed by atoms with van der Waals surface area (Å²) in [5.41, 5.74) is 4.55. The normalized spacial score (nSPS) is 16.4. The quantitative estimate of drug-likeness (QED) is 0.378. The van der Waals surface area contributed by atoms with Gasteiger partial charge in [0.05, 0.1) is 41.1 Å². The summed E-state index contributed by atoms with van der Waals surface area (Å²) in [5, 5.41) is 13.9. The molecule has 2 aromatic heterocycles. The van der Waals surface area contributed by atoms with Gasteiger partial charge in [0, 0.05) is 37.9 Å². The van der Waals surface area contributed by atoms with Gasteiger partial charge in [-0.25, -0.2) is 9.48 Å². The van der Waals surface area contributed by atoms with Crippen molar-refractivity contribution in [1.82, 2.24) is 20.1 Å². The van der Waals surface area contributed by atoms with E-state index in [9.17, 15) is 9.59 Å². The minimum Gasteiger partial charge on any atom is -0.477 e. The maximum Gasteiger partial charge on any atom is 0.407 e. The number of nitrogens with one attached hydrogen (secondary N) is 3. The molecule has 0 unspecified atom stereocenters. The first-order valence-corrected chi connectivity index (χ1v) is 14.2. The van der Waals surface area contributed by atoms with Crippen LogP contribution in [0.15, 0.2) is 41.5 Å². The Bertz CT molecular complexity index is 1510. The summed E-state index contributed by atoms with van der Waals surface area (Å²) in [6.07, 6.45) is 3.89. The van der Waals surface area contributed by atoms with Crippen molar-refractivity contribution in [2.45, 2.75) is 52.6 Å². The molecule has 2 amide bonds. The van der Waals surface area contributed by atoms with E-state index < -0.39 is 11.7 Å². The van der Waals surface area contributed by atoms with Crippen LogP contribution in [-0.4, -0.2) is 64.6 Å². The number of guanidine groups is 1. The number of alkyl carbamates (subject to hydrolysis) is 1. The molecular formula is C30H38N8O4. The molecule has 3 N–H and O–H groups in total. The molecule has 0 radical (unpaired) electrons. The zero-order valence-electron chi connectivity index (χ0n) is 24.8. The van der Waals surface area contributed by atoms with E-state index in [-0.39, 0.29) is 5.91 Å². The number of aliphatic imine (C=N–C) groups is 1. The Morgan fingerprint density at radius 3 is 2.81 bits per heavy atom. The third-order valence-corrected chi connectivity index (χ3v) is 6.75. The van der Waals surface area contributed by atoms with E-state index in [1.165, 1.54) is 0 Å².